The van der Waals surface area contributed by atoms with E-state index in [1.165, 1.54) is 17.0 Å². The molecule has 0 bridgehead atoms. The van der Waals surface area contributed by atoms with Gasteiger partial charge in [0.25, 0.3) is 0 Å². The molecule has 0 atom stereocenters. The fourth-order valence-electron chi connectivity index (χ4n) is 1.67. The molecule has 0 saturated carbocycles. The van der Waals surface area contributed by atoms with Crippen LogP contribution in [0.1, 0.15) is 5.56 Å². The van der Waals surface area contributed by atoms with E-state index in [4.69, 9.17) is 0 Å². The zero-order valence-corrected chi connectivity index (χ0v) is 10.6. The summed E-state index contributed by atoms with van der Waals surface area (Å²) in [5.74, 6) is -0.281. The summed E-state index contributed by atoms with van der Waals surface area (Å²) in [7, 11) is 1.70. The summed E-state index contributed by atoms with van der Waals surface area (Å²) in [6, 6.07) is 15.2. The van der Waals surface area contributed by atoms with Gasteiger partial charge in [0.15, 0.2) is 0 Å². The van der Waals surface area contributed by atoms with Crippen molar-refractivity contribution in [1.82, 2.24) is 5.32 Å². The molecule has 0 aliphatic carbocycles. The largest absolute Gasteiger partial charge is 0.334 e. The smallest absolute Gasteiger partial charge is 0.321 e. The van der Waals surface area contributed by atoms with Crippen LogP contribution in [0, 0.1) is 5.82 Å². The van der Waals surface area contributed by atoms with Crippen LogP contribution in [0.3, 0.4) is 0 Å². The fourth-order valence-corrected chi connectivity index (χ4v) is 1.67. The van der Waals surface area contributed by atoms with Crippen molar-refractivity contribution in [3.63, 3.8) is 0 Å². The van der Waals surface area contributed by atoms with Gasteiger partial charge in [-0.1, -0.05) is 30.3 Å². The minimum Gasteiger partial charge on any atom is -0.334 e. The lowest BCUT2D eigenvalue weighted by molar-refractivity contribution is 0.247. The quantitative estimate of drug-likeness (QED) is 0.901. The van der Waals surface area contributed by atoms with E-state index < -0.39 is 0 Å². The molecule has 0 spiro atoms. The number of hydrogen-bond acceptors (Lipinski definition) is 1. The zero-order chi connectivity index (χ0) is 13.7. The summed E-state index contributed by atoms with van der Waals surface area (Å²) in [5, 5.41) is 2.78. The van der Waals surface area contributed by atoms with E-state index in [0.29, 0.717) is 6.54 Å². The molecule has 3 nitrogen and oxygen atoms in total. The van der Waals surface area contributed by atoms with Crippen LogP contribution in [0.25, 0.3) is 0 Å². The fraction of sp³-hybridized carbons (Fsp3) is 0.133. The summed E-state index contributed by atoms with van der Waals surface area (Å²) in [6.07, 6.45) is 0. The second-order valence-corrected chi connectivity index (χ2v) is 4.18. The van der Waals surface area contributed by atoms with Crippen LogP contribution in [0.4, 0.5) is 14.9 Å². The lowest BCUT2D eigenvalue weighted by Gasteiger charge is -2.18. The maximum absolute atomic E-state index is 12.7. The molecule has 2 rings (SSSR count). The summed E-state index contributed by atoms with van der Waals surface area (Å²) >= 11 is 0. The molecule has 2 amide bonds. The number of hydrogen-bond donors (Lipinski definition) is 1. The molecule has 0 aliphatic heterocycles. The molecule has 0 aliphatic rings. The van der Waals surface area contributed by atoms with Gasteiger partial charge in [-0.3, -0.25) is 4.90 Å². The first kappa shape index (κ1) is 13.1. The van der Waals surface area contributed by atoms with Gasteiger partial charge in [-0.25, -0.2) is 9.18 Å². The maximum atomic E-state index is 12.7. The molecule has 1 N–H and O–H groups in total. The number of carbonyl (C=O) groups is 1. The molecule has 0 unspecified atom stereocenters. The lowest BCUT2D eigenvalue weighted by Crippen LogP contribution is -2.36. The minimum atomic E-state index is -0.281. The Morgan fingerprint density at radius 3 is 2.37 bits per heavy atom. The third-order valence-electron chi connectivity index (χ3n) is 2.81. The second-order valence-electron chi connectivity index (χ2n) is 4.18. The van der Waals surface area contributed by atoms with E-state index >= 15 is 0 Å². The number of benzene rings is 2. The van der Waals surface area contributed by atoms with Gasteiger partial charge in [0, 0.05) is 19.3 Å². The third kappa shape index (κ3) is 3.55. The molecule has 0 fully saturated rings. The van der Waals surface area contributed by atoms with Crippen molar-refractivity contribution in [2.75, 3.05) is 11.9 Å². The molecule has 2 aromatic rings. The molecular formula is C15H15FN2O. The normalized spacial score (nSPS) is 10.0. The number of anilines is 1. The Morgan fingerprint density at radius 2 is 1.74 bits per heavy atom. The Hall–Kier alpha value is -2.36. The number of urea groups is 1. The van der Waals surface area contributed by atoms with Gasteiger partial charge in [0.2, 0.25) is 0 Å². The molecule has 2 aromatic carbocycles. The minimum absolute atomic E-state index is 0.199. The maximum Gasteiger partial charge on any atom is 0.321 e. The number of para-hydroxylation sites is 1. The SMILES string of the molecule is CN(C(=O)NCc1ccc(F)cc1)c1ccccc1. The Labute approximate surface area is 111 Å². The number of nitrogens with zero attached hydrogens (tertiary/aromatic N) is 1. The average molecular weight is 258 g/mol. The van der Waals surface area contributed by atoms with Crippen molar-refractivity contribution in [1.29, 1.82) is 0 Å². The van der Waals surface area contributed by atoms with Gasteiger partial charge < -0.3 is 5.32 Å². The van der Waals surface area contributed by atoms with Gasteiger partial charge >= 0.3 is 6.03 Å². The summed E-state index contributed by atoms with van der Waals surface area (Å²) < 4.78 is 12.7. The van der Waals surface area contributed by atoms with Crippen molar-refractivity contribution in [3.8, 4) is 0 Å². The number of nitrogens with one attached hydrogen (secondary N) is 1. The summed E-state index contributed by atoms with van der Waals surface area (Å²) in [6.45, 7) is 0.371. The first-order valence-corrected chi connectivity index (χ1v) is 5.98. The van der Waals surface area contributed by atoms with Gasteiger partial charge in [0.1, 0.15) is 5.82 Å². The molecule has 98 valence electrons. The average Bonchev–Trinajstić information content (AvgIpc) is 2.46. The molecule has 4 heteroatoms. The third-order valence-corrected chi connectivity index (χ3v) is 2.81. The van der Waals surface area contributed by atoms with Crippen molar-refractivity contribution < 1.29 is 9.18 Å². The Kier molecular flexibility index (Phi) is 4.13. The highest BCUT2D eigenvalue weighted by Crippen LogP contribution is 2.11. The topological polar surface area (TPSA) is 32.3 Å². The monoisotopic (exact) mass is 258 g/mol. The van der Waals surface area contributed by atoms with Crippen LogP contribution < -0.4 is 10.2 Å². The van der Waals surface area contributed by atoms with Crippen molar-refractivity contribution >= 4 is 11.7 Å². The molecule has 0 saturated heterocycles. The van der Waals surface area contributed by atoms with Gasteiger partial charge in [0.05, 0.1) is 0 Å². The number of carbonyl (C=O) groups excluding carboxylic acids is 1. The summed E-state index contributed by atoms with van der Waals surface area (Å²) in [5.41, 5.74) is 1.68. The highest BCUT2D eigenvalue weighted by molar-refractivity contribution is 5.91. The van der Waals surface area contributed by atoms with E-state index in [0.717, 1.165) is 11.3 Å². The highest BCUT2D eigenvalue weighted by Gasteiger charge is 2.09. The molecule has 0 heterocycles. The lowest BCUT2D eigenvalue weighted by atomic mass is 10.2. The predicted molar refractivity (Wildman–Crippen MR) is 73.5 cm³/mol. The van der Waals surface area contributed by atoms with Crippen LogP contribution in [0.5, 0.6) is 0 Å². The number of rotatable bonds is 3. The van der Waals surface area contributed by atoms with Crippen LogP contribution >= 0.6 is 0 Å². The van der Waals surface area contributed by atoms with Crippen LogP contribution in [-0.2, 0) is 6.54 Å². The summed E-state index contributed by atoms with van der Waals surface area (Å²) in [4.78, 5) is 13.5. The molecule has 0 radical (unpaired) electrons. The zero-order valence-electron chi connectivity index (χ0n) is 10.6. The first-order valence-electron chi connectivity index (χ1n) is 5.98. The van der Waals surface area contributed by atoms with Crippen molar-refractivity contribution in [3.05, 3.63) is 66.0 Å². The molecule has 0 aromatic heterocycles. The van der Waals surface area contributed by atoms with Crippen molar-refractivity contribution in [2.45, 2.75) is 6.54 Å². The van der Waals surface area contributed by atoms with Gasteiger partial charge in [-0.15, -0.1) is 0 Å². The van der Waals surface area contributed by atoms with Crippen molar-refractivity contribution in [2.24, 2.45) is 0 Å². The number of halogens is 1. The molecule has 19 heavy (non-hydrogen) atoms. The van der Waals surface area contributed by atoms with E-state index in [9.17, 15) is 9.18 Å². The first-order chi connectivity index (χ1) is 9.16. The van der Waals surface area contributed by atoms with Crippen LogP contribution in [0.15, 0.2) is 54.6 Å². The van der Waals surface area contributed by atoms with Crippen LogP contribution in [0.2, 0.25) is 0 Å². The Bertz CT molecular complexity index is 540. The molecular weight excluding hydrogens is 243 g/mol. The van der Waals surface area contributed by atoms with E-state index in [2.05, 4.69) is 5.32 Å². The van der Waals surface area contributed by atoms with E-state index in [1.807, 2.05) is 30.3 Å². The second kappa shape index (κ2) is 6.00. The van der Waals surface area contributed by atoms with E-state index in [1.54, 1.807) is 19.2 Å². The van der Waals surface area contributed by atoms with E-state index in [-0.39, 0.29) is 11.8 Å². The van der Waals surface area contributed by atoms with Crippen LogP contribution in [-0.4, -0.2) is 13.1 Å². The van der Waals surface area contributed by atoms with Gasteiger partial charge in [-0.05, 0) is 29.8 Å². The van der Waals surface area contributed by atoms with Gasteiger partial charge in [-0.2, -0.15) is 0 Å². The number of amides is 2. The standard InChI is InChI=1S/C15H15FN2O/c1-18(14-5-3-2-4-6-14)15(19)17-11-12-7-9-13(16)10-8-12/h2-10H,11H2,1H3,(H,17,19). The predicted octanol–water partition coefficient (Wildman–Crippen LogP) is 3.17. The highest BCUT2D eigenvalue weighted by atomic mass is 19.1. The Morgan fingerprint density at radius 1 is 1.11 bits per heavy atom. The Balaban J connectivity index is 1.93.